The molecule has 0 unspecified atom stereocenters. The fourth-order valence-electron chi connectivity index (χ4n) is 2.88. The molecule has 0 bridgehead atoms. The fraction of sp³-hybridized carbons (Fsp3) is 0. The van der Waals surface area contributed by atoms with Gasteiger partial charge < -0.3 is 0 Å². The maximum atomic E-state index is 14.0. The van der Waals surface area contributed by atoms with Gasteiger partial charge in [-0.25, -0.2) is 9.37 Å². The molecule has 5 aromatic rings. The summed E-state index contributed by atoms with van der Waals surface area (Å²) in [5.74, 6) is -0.550. The molecule has 0 aliphatic heterocycles. The molecule has 0 saturated heterocycles. The Morgan fingerprint density at radius 3 is 2.70 bits per heavy atom. The summed E-state index contributed by atoms with van der Waals surface area (Å²) in [6.07, 6.45) is 1.55. The van der Waals surface area contributed by atoms with Crippen LogP contribution in [0.5, 0.6) is 0 Å². The van der Waals surface area contributed by atoms with Crippen molar-refractivity contribution in [2.75, 3.05) is 0 Å². The minimum atomic E-state index is -0.550. The zero-order valence-corrected chi connectivity index (χ0v) is 15.7. The Bertz CT molecular complexity index is 1300. The molecule has 5 rings (SSSR count). The lowest BCUT2D eigenvalue weighted by Crippen LogP contribution is -1.92. The van der Waals surface area contributed by atoms with Crippen molar-refractivity contribution in [3.8, 4) is 21.8 Å². The topological polar surface area (TPSA) is 56.0 Å². The molecule has 132 valence electrons. The number of hydrogen-bond donors (Lipinski definition) is 0. The second-order valence-corrected chi connectivity index (χ2v) is 7.55. The van der Waals surface area contributed by atoms with Crippen LogP contribution in [0.3, 0.4) is 0 Å². The van der Waals surface area contributed by atoms with Crippen LogP contribution in [0.1, 0.15) is 0 Å². The highest BCUT2D eigenvalue weighted by Crippen LogP contribution is 2.37. The van der Waals surface area contributed by atoms with E-state index in [2.05, 4.69) is 20.3 Å². The van der Waals surface area contributed by atoms with Gasteiger partial charge >= 0.3 is 0 Å². The molecule has 0 saturated carbocycles. The van der Waals surface area contributed by atoms with Gasteiger partial charge in [0, 0.05) is 16.5 Å². The average molecular weight is 416 g/mol. The van der Waals surface area contributed by atoms with Crippen LogP contribution in [-0.4, -0.2) is 24.8 Å². The highest BCUT2D eigenvalue weighted by atomic mass is 35.5. The van der Waals surface area contributed by atoms with Gasteiger partial charge in [0.2, 0.25) is 4.96 Å². The van der Waals surface area contributed by atoms with Crippen molar-refractivity contribution >= 4 is 50.4 Å². The van der Waals surface area contributed by atoms with Crippen LogP contribution in [0.15, 0.2) is 48.8 Å². The lowest BCUT2D eigenvalue weighted by molar-refractivity contribution is 0.628. The Kier molecular flexibility index (Phi) is 3.82. The van der Waals surface area contributed by atoms with Crippen LogP contribution in [0.2, 0.25) is 10.0 Å². The number of aromatic nitrogens is 5. The van der Waals surface area contributed by atoms with Crippen molar-refractivity contribution in [3.63, 3.8) is 0 Å². The highest BCUT2D eigenvalue weighted by molar-refractivity contribution is 7.19. The lowest BCUT2D eigenvalue weighted by Gasteiger charge is -2.10. The molecule has 0 spiro atoms. The second-order valence-electron chi connectivity index (χ2n) is 5.78. The number of benzene rings is 2. The van der Waals surface area contributed by atoms with Crippen molar-refractivity contribution < 1.29 is 4.39 Å². The number of fused-ring (bicyclic) bond motifs is 2. The third kappa shape index (κ3) is 2.75. The molecule has 0 N–H and O–H groups in total. The molecule has 0 fully saturated rings. The van der Waals surface area contributed by atoms with Gasteiger partial charge in [-0.3, -0.25) is 0 Å². The first-order chi connectivity index (χ1) is 13.1. The summed E-state index contributed by atoms with van der Waals surface area (Å²) in [4.78, 5) is 5.34. The van der Waals surface area contributed by atoms with Crippen molar-refractivity contribution in [2.45, 2.75) is 0 Å². The van der Waals surface area contributed by atoms with Crippen LogP contribution in [0.25, 0.3) is 37.7 Å². The quantitative estimate of drug-likeness (QED) is 0.356. The maximum absolute atomic E-state index is 14.0. The summed E-state index contributed by atoms with van der Waals surface area (Å²) in [5.41, 5.74) is 2.61. The van der Waals surface area contributed by atoms with E-state index in [0.717, 1.165) is 21.5 Å². The largest absolute Gasteiger partial charge is 0.248 e. The Labute approximate surface area is 166 Å². The molecule has 0 radical (unpaired) electrons. The SMILES string of the molecule is Fc1cc(-c2cc(-c3nn4cnnc4s3)c3ccccc3n2)c(Cl)cc1Cl. The van der Waals surface area contributed by atoms with Crippen LogP contribution < -0.4 is 0 Å². The van der Waals surface area contributed by atoms with Crippen LogP contribution in [-0.2, 0) is 0 Å². The number of halogens is 3. The van der Waals surface area contributed by atoms with Crippen molar-refractivity contribution in [1.82, 2.24) is 24.8 Å². The van der Waals surface area contributed by atoms with Crippen molar-refractivity contribution in [3.05, 3.63) is 64.7 Å². The van der Waals surface area contributed by atoms with Gasteiger partial charge in [-0.2, -0.15) is 9.61 Å². The Hall–Kier alpha value is -2.61. The lowest BCUT2D eigenvalue weighted by atomic mass is 10.0. The standard InChI is InChI=1S/C18H8Cl2FN5S/c19-12-7-13(20)14(21)5-11(12)16-6-10(9-3-1-2-4-15(9)23-16)17-25-26-8-22-24-18(26)27-17/h1-8H. The molecule has 0 atom stereocenters. The van der Waals surface area contributed by atoms with E-state index in [1.807, 2.05) is 30.3 Å². The van der Waals surface area contributed by atoms with E-state index in [4.69, 9.17) is 23.2 Å². The van der Waals surface area contributed by atoms with Crippen molar-refractivity contribution in [2.24, 2.45) is 0 Å². The predicted molar refractivity (Wildman–Crippen MR) is 105 cm³/mol. The van der Waals surface area contributed by atoms with E-state index in [1.165, 1.54) is 23.5 Å². The normalized spacial score (nSPS) is 11.5. The van der Waals surface area contributed by atoms with E-state index in [1.54, 1.807) is 10.8 Å². The van der Waals surface area contributed by atoms with Gasteiger partial charge in [-0.1, -0.05) is 52.7 Å². The molecule has 0 aliphatic rings. The molecule has 2 aromatic carbocycles. The van der Waals surface area contributed by atoms with Gasteiger partial charge in [0.15, 0.2) is 0 Å². The third-order valence-electron chi connectivity index (χ3n) is 4.12. The number of nitrogens with zero attached hydrogens (tertiary/aromatic N) is 5. The summed E-state index contributed by atoms with van der Waals surface area (Å²) in [7, 11) is 0. The first-order valence-electron chi connectivity index (χ1n) is 7.82. The number of rotatable bonds is 2. The van der Waals surface area contributed by atoms with Crippen LogP contribution in [0, 0.1) is 5.82 Å². The summed E-state index contributed by atoms with van der Waals surface area (Å²) < 4.78 is 15.6. The van der Waals surface area contributed by atoms with Crippen LogP contribution in [0.4, 0.5) is 4.39 Å². The second kappa shape index (κ2) is 6.23. The first kappa shape index (κ1) is 16.6. The molecule has 0 aliphatic carbocycles. The summed E-state index contributed by atoms with van der Waals surface area (Å²) >= 11 is 13.5. The monoisotopic (exact) mass is 415 g/mol. The molecule has 3 heterocycles. The molecule has 5 nitrogen and oxygen atoms in total. The molecular formula is C18H8Cl2FN5S. The van der Waals surface area contributed by atoms with Gasteiger partial charge in [-0.15, -0.1) is 10.2 Å². The zero-order valence-electron chi connectivity index (χ0n) is 13.4. The minimum Gasteiger partial charge on any atom is -0.248 e. The van der Waals surface area contributed by atoms with E-state index < -0.39 is 5.82 Å². The van der Waals surface area contributed by atoms with Crippen molar-refractivity contribution in [1.29, 1.82) is 0 Å². The minimum absolute atomic E-state index is 0.0292. The smallest absolute Gasteiger partial charge is 0.234 e. The van der Waals surface area contributed by atoms with Gasteiger partial charge in [-0.05, 0) is 24.3 Å². The molecule has 3 aromatic heterocycles. The van der Waals surface area contributed by atoms with E-state index >= 15 is 0 Å². The maximum Gasteiger partial charge on any atom is 0.234 e. The third-order valence-corrected chi connectivity index (χ3v) is 5.67. The van der Waals surface area contributed by atoms with E-state index in [-0.39, 0.29) is 5.02 Å². The Morgan fingerprint density at radius 1 is 1.00 bits per heavy atom. The summed E-state index contributed by atoms with van der Waals surface area (Å²) in [6.45, 7) is 0. The van der Waals surface area contributed by atoms with Gasteiger partial charge in [0.1, 0.15) is 17.2 Å². The molecule has 0 amide bonds. The molecule has 9 heteroatoms. The number of para-hydroxylation sites is 1. The van der Waals surface area contributed by atoms with E-state index in [9.17, 15) is 4.39 Å². The van der Waals surface area contributed by atoms with Gasteiger partial charge in [0.05, 0.1) is 21.3 Å². The number of pyridine rings is 1. The summed E-state index contributed by atoms with van der Waals surface area (Å²) in [5, 5.41) is 14.4. The molecule has 27 heavy (non-hydrogen) atoms. The number of hydrogen-bond acceptors (Lipinski definition) is 5. The van der Waals surface area contributed by atoms with Gasteiger partial charge in [0.25, 0.3) is 0 Å². The van der Waals surface area contributed by atoms with E-state index in [0.29, 0.717) is 21.2 Å². The van der Waals surface area contributed by atoms with Crippen LogP contribution >= 0.6 is 34.5 Å². The average Bonchev–Trinajstić information content (AvgIpc) is 3.26. The molecular weight excluding hydrogens is 408 g/mol. The summed E-state index contributed by atoms with van der Waals surface area (Å²) in [6, 6.07) is 12.2. The highest BCUT2D eigenvalue weighted by Gasteiger charge is 2.16. The zero-order chi connectivity index (χ0) is 18.5. The Morgan fingerprint density at radius 2 is 1.85 bits per heavy atom. The Balaban J connectivity index is 1.80. The predicted octanol–water partition coefficient (Wildman–Crippen LogP) is 5.51. The fourth-order valence-corrected chi connectivity index (χ4v) is 4.21. The first-order valence-corrected chi connectivity index (χ1v) is 9.39.